The van der Waals surface area contributed by atoms with E-state index in [1.807, 2.05) is 18.2 Å². The lowest BCUT2D eigenvalue weighted by Crippen LogP contribution is -2.02. The molecule has 0 saturated carbocycles. The minimum atomic E-state index is -0.385. The van der Waals surface area contributed by atoms with Crippen LogP contribution in [0.2, 0.25) is 0 Å². The molecule has 0 unspecified atom stereocenters. The number of aromatic nitrogens is 3. The molecule has 0 N–H and O–H groups in total. The quantitative estimate of drug-likeness (QED) is 0.467. The van der Waals surface area contributed by atoms with Gasteiger partial charge in [0, 0.05) is 5.75 Å². The average Bonchev–Trinajstić information content (AvgIpc) is 3.36. The molecule has 0 spiro atoms. The molecule has 132 valence electrons. The zero-order valence-electron chi connectivity index (χ0n) is 14.0. The predicted octanol–water partition coefficient (Wildman–Crippen LogP) is 4.83. The number of thioether (sulfide) groups is 1. The molecule has 0 aliphatic carbocycles. The van der Waals surface area contributed by atoms with Crippen LogP contribution in [0.15, 0.2) is 76.5 Å². The highest BCUT2D eigenvalue weighted by atomic mass is 32.2. The summed E-state index contributed by atoms with van der Waals surface area (Å²) >= 11 is 1.38. The Morgan fingerprint density at radius 2 is 1.85 bits per heavy atom. The Labute approximate surface area is 159 Å². The van der Waals surface area contributed by atoms with Gasteiger partial charge in [-0.2, -0.15) is 5.26 Å². The Bertz CT molecular complexity index is 1120. The maximum absolute atomic E-state index is 14.5. The van der Waals surface area contributed by atoms with E-state index in [2.05, 4.69) is 16.3 Å². The number of halogens is 1. The third-order valence-electron chi connectivity index (χ3n) is 3.96. The van der Waals surface area contributed by atoms with E-state index < -0.39 is 0 Å². The third kappa shape index (κ3) is 3.35. The first-order valence-electron chi connectivity index (χ1n) is 8.13. The average molecular weight is 376 g/mol. The molecule has 0 aliphatic rings. The second-order valence-corrected chi connectivity index (χ2v) is 6.57. The maximum atomic E-state index is 14.5. The minimum absolute atomic E-state index is 0.338. The molecule has 2 aromatic carbocycles. The van der Waals surface area contributed by atoms with Gasteiger partial charge < -0.3 is 4.42 Å². The summed E-state index contributed by atoms with van der Waals surface area (Å²) in [6.45, 7) is 0. The molecule has 0 aliphatic heterocycles. The summed E-state index contributed by atoms with van der Waals surface area (Å²) in [7, 11) is 0. The van der Waals surface area contributed by atoms with E-state index in [1.54, 1.807) is 41.0 Å². The SMILES string of the molecule is N#Cc1ccccc1CSc1nnc(-c2ccco2)n1-c1ccccc1F. The third-order valence-corrected chi connectivity index (χ3v) is 4.94. The maximum Gasteiger partial charge on any atom is 0.205 e. The van der Waals surface area contributed by atoms with E-state index in [1.165, 1.54) is 24.1 Å². The molecule has 2 heterocycles. The van der Waals surface area contributed by atoms with Gasteiger partial charge in [-0.05, 0) is 35.9 Å². The second-order valence-electron chi connectivity index (χ2n) is 5.63. The van der Waals surface area contributed by atoms with Crippen LogP contribution < -0.4 is 0 Å². The molecule has 0 amide bonds. The Kier molecular flexibility index (Phi) is 4.73. The molecular weight excluding hydrogens is 363 g/mol. The molecule has 0 fully saturated rings. The Morgan fingerprint density at radius 3 is 2.63 bits per heavy atom. The lowest BCUT2D eigenvalue weighted by Gasteiger charge is -2.10. The molecule has 2 aromatic heterocycles. The molecule has 4 rings (SSSR count). The highest BCUT2D eigenvalue weighted by Crippen LogP contribution is 2.31. The Hall–Kier alpha value is -3.37. The zero-order chi connectivity index (χ0) is 18.6. The summed E-state index contributed by atoms with van der Waals surface area (Å²) < 4.78 is 21.5. The van der Waals surface area contributed by atoms with E-state index in [9.17, 15) is 9.65 Å². The number of benzene rings is 2. The van der Waals surface area contributed by atoms with Crippen molar-refractivity contribution in [2.45, 2.75) is 10.9 Å². The number of rotatable bonds is 5. The normalized spacial score (nSPS) is 10.7. The standard InChI is InChI=1S/C20H13FN4OS/c21-16-8-3-4-9-17(16)25-19(18-10-5-11-26-18)23-24-20(25)27-13-15-7-2-1-6-14(15)12-22/h1-11H,13H2. The number of nitrogens with zero attached hydrogens (tertiary/aromatic N) is 4. The highest BCUT2D eigenvalue weighted by molar-refractivity contribution is 7.98. The molecule has 5 nitrogen and oxygen atoms in total. The number of para-hydroxylation sites is 1. The number of hydrogen-bond donors (Lipinski definition) is 0. The summed E-state index contributed by atoms with van der Waals surface area (Å²) in [6, 6.07) is 19.5. The molecule has 0 atom stereocenters. The summed E-state index contributed by atoms with van der Waals surface area (Å²) in [5.74, 6) is 1.04. The minimum Gasteiger partial charge on any atom is -0.461 e. The van der Waals surface area contributed by atoms with Gasteiger partial charge in [0.2, 0.25) is 5.82 Å². The van der Waals surface area contributed by atoms with E-state index in [-0.39, 0.29) is 5.82 Å². The second kappa shape index (κ2) is 7.48. The topological polar surface area (TPSA) is 67.6 Å². The van der Waals surface area contributed by atoms with Crippen LogP contribution in [0.25, 0.3) is 17.3 Å². The van der Waals surface area contributed by atoms with Crippen molar-refractivity contribution >= 4 is 11.8 Å². The highest BCUT2D eigenvalue weighted by Gasteiger charge is 2.20. The van der Waals surface area contributed by atoms with Crippen molar-refractivity contribution in [2.24, 2.45) is 0 Å². The fraction of sp³-hybridized carbons (Fsp3) is 0.0500. The van der Waals surface area contributed by atoms with Gasteiger partial charge in [0.15, 0.2) is 10.9 Å². The summed E-state index contributed by atoms with van der Waals surface area (Å²) in [6.07, 6.45) is 1.53. The van der Waals surface area contributed by atoms with Crippen molar-refractivity contribution in [3.05, 3.63) is 83.9 Å². The van der Waals surface area contributed by atoms with E-state index in [4.69, 9.17) is 4.42 Å². The van der Waals surface area contributed by atoms with Gasteiger partial charge in [0.25, 0.3) is 0 Å². The van der Waals surface area contributed by atoms with Crippen molar-refractivity contribution < 1.29 is 8.81 Å². The van der Waals surface area contributed by atoms with Crippen LogP contribution in [0.1, 0.15) is 11.1 Å². The first-order valence-corrected chi connectivity index (χ1v) is 9.11. The Morgan fingerprint density at radius 1 is 1.04 bits per heavy atom. The van der Waals surface area contributed by atoms with Crippen molar-refractivity contribution in [3.63, 3.8) is 0 Å². The monoisotopic (exact) mass is 376 g/mol. The van der Waals surface area contributed by atoms with E-state index in [0.717, 1.165) is 5.56 Å². The smallest absolute Gasteiger partial charge is 0.205 e. The molecule has 0 bridgehead atoms. The van der Waals surface area contributed by atoms with Gasteiger partial charge >= 0.3 is 0 Å². The van der Waals surface area contributed by atoms with Gasteiger partial charge in [-0.15, -0.1) is 10.2 Å². The lowest BCUT2D eigenvalue weighted by atomic mass is 10.1. The van der Waals surface area contributed by atoms with Gasteiger partial charge in [-0.25, -0.2) is 4.39 Å². The van der Waals surface area contributed by atoms with Crippen LogP contribution in [0.3, 0.4) is 0 Å². The Balaban J connectivity index is 1.75. The molecule has 0 saturated heterocycles. The van der Waals surface area contributed by atoms with Crippen molar-refractivity contribution in [2.75, 3.05) is 0 Å². The van der Waals surface area contributed by atoms with Crippen LogP contribution >= 0.6 is 11.8 Å². The molecule has 7 heteroatoms. The van der Waals surface area contributed by atoms with Gasteiger partial charge in [0.1, 0.15) is 5.82 Å². The number of furan rings is 1. The lowest BCUT2D eigenvalue weighted by molar-refractivity contribution is 0.572. The van der Waals surface area contributed by atoms with E-state index in [0.29, 0.717) is 33.7 Å². The van der Waals surface area contributed by atoms with Crippen LogP contribution in [0.4, 0.5) is 4.39 Å². The van der Waals surface area contributed by atoms with E-state index >= 15 is 0 Å². The van der Waals surface area contributed by atoms with Gasteiger partial charge in [-0.1, -0.05) is 42.1 Å². The van der Waals surface area contributed by atoms with Crippen LogP contribution in [0, 0.1) is 17.1 Å². The first-order chi connectivity index (χ1) is 13.3. The molecular formula is C20H13FN4OS. The summed E-state index contributed by atoms with van der Waals surface area (Å²) in [5, 5.41) is 18.2. The van der Waals surface area contributed by atoms with Crippen LogP contribution in [0.5, 0.6) is 0 Å². The van der Waals surface area contributed by atoms with Crippen LogP contribution in [-0.2, 0) is 5.75 Å². The van der Waals surface area contributed by atoms with Crippen molar-refractivity contribution in [3.8, 4) is 23.3 Å². The number of hydrogen-bond acceptors (Lipinski definition) is 5. The molecule has 0 radical (unpaired) electrons. The predicted molar refractivity (Wildman–Crippen MR) is 99.7 cm³/mol. The van der Waals surface area contributed by atoms with Gasteiger partial charge in [0.05, 0.1) is 23.6 Å². The largest absolute Gasteiger partial charge is 0.461 e. The summed E-state index contributed by atoms with van der Waals surface area (Å²) in [5.41, 5.74) is 1.82. The molecule has 27 heavy (non-hydrogen) atoms. The van der Waals surface area contributed by atoms with Crippen LogP contribution in [-0.4, -0.2) is 14.8 Å². The summed E-state index contributed by atoms with van der Waals surface area (Å²) in [4.78, 5) is 0. The number of nitriles is 1. The molecule has 4 aromatic rings. The fourth-order valence-electron chi connectivity index (χ4n) is 2.68. The van der Waals surface area contributed by atoms with Crippen molar-refractivity contribution in [1.29, 1.82) is 5.26 Å². The van der Waals surface area contributed by atoms with Crippen molar-refractivity contribution in [1.82, 2.24) is 14.8 Å². The fourth-order valence-corrected chi connectivity index (χ4v) is 3.63. The first kappa shape index (κ1) is 17.1. The van der Waals surface area contributed by atoms with Gasteiger partial charge in [-0.3, -0.25) is 4.57 Å². The zero-order valence-corrected chi connectivity index (χ0v) is 14.9.